The fourth-order valence-electron chi connectivity index (χ4n) is 4.27. The number of fused-ring (bicyclic) bond motifs is 3. The zero-order chi connectivity index (χ0) is 15.3. The van der Waals surface area contributed by atoms with Gasteiger partial charge in [-0.1, -0.05) is 83.7 Å². The van der Waals surface area contributed by atoms with E-state index in [1.807, 2.05) is 0 Å². The quantitative estimate of drug-likeness (QED) is 0.585. The van der Waals surface area contributed by atoms with E-state index in [2.05, 4.69) is 74.6 Å². The first-order valence-corrected chi connectivity index (χ1v) is 11.2. The Balaban J connectivity index is 1.88. The summed E-state index contributed by atoms with van der Waals surface area (Å²) in [5.41, 5.74) is 7.50. The van der Waals surface area contributed by atoms with Gasteiger partial charge >= 0.3 is 0 Å². The first-order chi connectivity index (χ1) is 10.6. The van der Waals surface area contributed by atoms with Crippen molar-refractivity contribution in [1.82, 2.24) is 0 Å². The Morgan fingerprint density at radius 3 is 2.45 bits per heavy atom. The number of hydrogen-bond donors (Lipinski definition) is 0. The molecule has 0 aliphatic heterocycles. The second-order valence-corrected chi connectivity index (χ2v) is 11.5. The highest BCUT2D eigenvalue weighted by Crippen LogP contribution is 2.38. The highest BCUT2D eigenvalue weighted by atomic mass is 28.3. The molecule has 2 aromatic carbocycles. The van der Waals surface area contributed by atoms with Gasteiger partial charge in [0.2, 0.25) is 0 Å². The van der Waals surface area contributed by atoms with Crippen LogP contribution in [-0.2, 0) is 6.42 Å². The second-order valence-electron chi connectivity index (χ2n) is 7.06. The molecule has 0 heterocycles. The Kier molecular flexibility index (Phi) is 3.02. The lowest BCUT2D eigenvalue weighted by Gasteiger charge is -2.28. The fourth-order valence-corrected chi connectivity index (χ4v) is 7.78. The lowest BCUT2D eigenvalue weighted by Crippen LogP contribution is -2.45. The first kappa shape index (κ1) is 13.8. The van der Waals surface area contributed by atoms with Crippen molar-refractivity contribution in [3.05, 3.63) is 76.5 Å². The highest BCUT2D eigenvalue weighted by Gasteiger charge is 2.34. The molecule has 0 atom stereocenters. The Hall–Kier alpha value is -1.86. The van der Waals surface area contributed by atoms with Gasteiger partial charge in [-0.3, -0.25) is 0 Å². The smallest absolute Gasteiger partial charge is 0.0806 e. The molecule has 0 nitrogen and oxygen atoms in total. The number of allylic oxidation sites excluding steroid dienone is 4. The maximum absolute atomic E-state index is 2.53. The summed E-state index contributed by atoms with van der Waals surface area (Å²) in [4.78, 5) is 0. The van der Waals surface area contributed by atoms with Gasteiger partial charge in [-0.25, -0.2) is 0 Å². The minimum Gasteiger partial charge on any atom is -0.0806 e. The van der Waals surface area contributed by atoms with Crippen molar-refractivity contribution in [2.45, 2.75) is 32.9 Å². The minimum absolute atomic E-state index is 1.11. The lowest BCUT2D eigenvalue weighted by molar-refractivity contribution is 1.26. The molecule has 0 aromatic heterocycles. The van der Waals surface area contributed by atoms with Crippen molar-refractivity contribution < 1.29 is 0 Å². The molecular formula is C21H22Si. The average Bonchev–Trinajstić information content (AvgIpc) is 3.10. The summed E-state index contributed by atoms with van der Waals surface area (Å²) in [6.45, 7) is 7.33. The molecule has 0 fully saturated rings. The third-order valence-electron chi connectivity index (χ3n) is 5.44. The maximum Gasteiger partial charge on any atom is 0.108 e. The summed E-state index contributed by atoms with van der Waals surface area (Å²) in [5.74, 6) is 0. The van der Waals surface area contributed by atoms with E-state index < -0.39 is 8.07 Å². The van der Waals surface area contributed by atoms with Crippen LogP contribution < -0.4 is 5.19 Å². The molecule has 0 unspecified atom stereocenters. The van der Waals surface area contributed by atoms with Gasteiger partial charge in [0.05, 0.1) is 0 Å². The first-order valence-electron chi connectivity index (χ1n) is 8.16. The van der Waals surface area contributed by atoms with Gasteiger partial charge in [-0.05, 0) is 42.0 Å². The fraction of sp³-hybridized carbons (Fsp3) is 0.238. The SMILES string of the molecule is CC1=C([Si](C)(C)c2cccc3c2Cc2ccccc2-3)CC=C1. The van der Waals surface area contributed by atoms with Gasteiger partial charge in [-0.2, -0.15) is 0 Å². The van der Waals surface area contributed by atoms with E-state index in [1.54, 1.807) is 15.9 Å². The van der Waals surface area contributed by atoms with Crippen LogP contribution in [0, 0.1) is 0 Å². The molecule has 4 rings (SSSR count). The number of rotatable bonds is 2. The largest absolute Gasteiger partial charge is 0.108 e. The number of benzene rings is 2. The number of hydrogen-bond acceptors (Lipinski definition) is 0. The normalized spacial score (nSPS) is 16.1. The van der Waals surface area contributed by atoms with Crippen molar-refractivity contribution >= 4 is 13.3 Å². The summed E-state index contributed by atoms with van der Waals surface area (Å²) in [6.07, 6.45) is 6.90. The maximum atomic E-state index is 2.53. The topological polar surface area (TPSA) is 0 Å². The van der Waals surface area contributed by atoms with Gasteiger partial charge in [0.15, 0.2) is 0 Å². The van der Waals surface area contributed by atoms with E-state index in [0.29, 0.717) is 0 Å². The molecule has 0 bridgehead atoms. The van der Waals surface area contributed by atoms with E-state index in [1.165, 1.54) is 22.3 Å². The minimum atomic E-state index is -1.59. The van der Waals surface area contributed by atoms with Crippen LogP contribution in [0.1, 0.15) is 24.5 Å². The molecule has 0 N–H and O–H groups in total. The van der Waals surface area contributed by atoms with Crippen LogP contribution in [0.15, 0.2) is 65.4 Å². The van der Waals surface area contributed by atoms with Crippen molar-refractivity contribution in [2.24, 2.45) is 0 Å². The average molecular weight is 302 g/mol. The van der Waals surface area contributed by atoms with Crippen molar-refractivity contribution in [3.63, 3.8) is 0 Å². The van der Waals surface area contributed by atoms with Crippen LogP contribution >= 0.6 is 0 Å². The molecule has 2 aliphatic carbocycles. The van der Waals surface area contributed by atoms with E-state index in [-0.39, 0.29) is 0 Å². The van der Waals surface area contributed by atoms with Gasteiger partial charge in [0.1, 0.15) is 8.07 Å². The van der Waals surface area contributed by atoms with E-state index in [0.717, 1.165) is 12.8 Å². The third kappa shape index (κ3) is 1.89. The summed E-state index contributed by atoms with van der Waals surface area (Å²) in [6, 6.07) is 15.9. The summed E-state index contributed by atoms with van der Waals surface area (Å²) >= 11 is 0. The third-order valence-corrected chi connectivity index (χ3v) is 9.37. The Morgan fingerprint density at radius 1 is 0.909 bits per heavy atom. The molecule has 0 amide bonds. The summed E-state index contributed by atoms with van der Waals surface area (Å²) in [7, 11) is -1.59. The van der Waals surface area contributed by atoms with Crippen molar-refractivity contribution in [1.29, 1.82) is 0 Å². The Bertz CT molecular complexity index is 822. The second kappa shape index (κ2) is 4.82. The van der Waals surface area contributed by atoms with Crippen LogP contribution in [0.25, 0.3) is 11.1 Å². The van der Waals surface area contributed by atoms with E-state index >= 15 is 0 Å². The predicted molar refractivity (Wildman–Crippen MR) is 98.3 cm³/mol. The molecule has 22 heavy (non-hydrogen) atoms. The standard InChI is InChI=1S/C21H22Si/c1-15-8-6-12-20(15)22(2,3)21-13-7-11-18-17-10-5-4-9-16(17)14-19(18)21/h4-11,13H,12,14H2,1-3H3. The summed E-state index contributed by atoms with van der Waals surface area (Å²) < 4.78 is 0. The van der Waals surface area contributed by atoms with Crippen LogP contribution in [0.5, 0.6) is 0 Å². The molecule has 0 radical (unpaired) electrons. The van der Waals surface area contributed by atoms with Gasteiger partial charge in [-0.15, -0.1) is 0 Å². The van der Waals surface area contributed by atoms with Crippen molar-refractivity contribution in [3.8, 4) is 11.1 Å². The van der Waals surface area contributed by atoms with Crippen LogP contribution in [-0.4, -0.2) is 8.07 Å². The van der Waals surface area contributed by atoms with Crippen molar-refractivity contribution in [2.75, 3.05) is 0 Å². The molecule has 0 saturated heterocycles. The lowest BCUT2D eigenvalue weighted by atomic mass is 10.1. The van der Waals surface area contributed by atoms with E-state index in [4.69, 9.17) is 0 Å². The summed E-state index contributed by atoms with van der Waals surface area (Å²) in [5, 5.41) is 3.34. The van der Waals surface area contributed by atoms with Gasteiger partial charge in [0.25, 0.3) is 0 Å². The molecule has 2 aromatic rings. The van der Waals surface area contributed by atoms with Gasteiger partial charge < -0.3 is 0 Å². The van der Waals surface area contributed by atoms with Crippen LogP contribution in [0.2, 0.25) is 13.1 Å². The predicted octanol–water partition coefficient (Wildman–Crippen LogP) is 4.99. The molecular weight excluding hydrogens is 280 g/mol. The van der Waals surface area contributed by atoms with Gasteiger partial charge in [0, 0.05) is 0 Å². The zero-order valence-corrected chi connectivity index (χ0v) is 14.6. The van der Waals surface area contributed by atoms with Crippen LogP contribution in [0.4, 0.5) is 0 Å². The Labute approximate surface area is 134 Å². The molecule has 0 saturated carbocycles. The van der Waals surface area contributed by atoms with E-state index in [9.17, 15) is 0 Å². The molecule has 110 valence electrons. The molecule has 2 aliphatic rings. The highest BCUT2D eigenvalue weighted by molar-refractivity contribution is 6.96. The Morgan fingerprint density at radius 2 is 1.68 bits per heavy atom. The molecule has 1 heteroatoms. The monoisotopic (exact) mass is 302 g/mol. The molecule has 0 spiro atoms. The van der Waals surface area contributed by atoms with Crippen LogP contribution in [0.3, 0.4) is 0 Å². The zero-order valence-electron chi connectivity index (χ0n) is 13.6.